The summed E-state index contributed by atoms with van der Waals surface area (Å²) < 4.78 is 0. The third-order valence-corrected chi connectivity index (χ3v) is 4.50. The number of piperidine rings is 1. The van der Waals surface area contributed by atoms with Crippen molar-refractivity contribution in [3.63, 3.8) is 0 Å². The van der Waals surface area contributed by atoms with Crippen LogP contribution in [0.1, 0.15) is 36.5 Å². The molecule has 104 valence electrons. The number of carbonyl (C=O) groups excluding carboxylic acids is 2. The first kappa shape index (κ1) is 14.0. The summed E-state index contributed by atoms with van der Waals surface area (Å²) in [4.78, 5) is 24.7. The molecule has 2 heterocycles. The highest BCUT2D eigenvalue weighted by atomic mass is 32.1. The standard InChI is InChI=1S/C13H19N3O2S/c1-9(16-6-3-2-4-7-16)12(18)15-13-10(11(14)17)5-8-19-13/h5,8-9H,2-4,6-7H2,1H3,(H2,14,17)(H,15,18)/p+1/t9-/m1/s1. The molecule has 0 aromatic carbocycles. The van der Waals surface area contributed by atoms with Crippen LogP contribution in [0.4, 0.5) is 5.00 Å². The molecule has 1 fully saturated rings. The SMILES string of the molecule is C[C@H](C(=O)Nc1sccc1C(N)=O)[NH+]1CCCCC1. The summed E-state index contributed by atoms with van der Waals surface area (Å²) in [5.41, 5.74) is 5.65. The maximum Gasteiger partial charge on any atom is 0.282 e. The van der Waals surface area contributed by atoms with E-state index < -0.39 is 5.91 Å². The zero-order chi connectivity index (χ0) is 13.8. The summed E-state index contributed by atoms with van der Waals surface area (Å²) in [6.45, 7) is 4.02. The number of primary amides is 1. The highest BCUT2D eigenvalue weighted by Crippen LogP contribution is 2.22. The zero-order valence-electron chi connectivity index (χ0n) is 11.1. The minimum absolute atomic E-state index is 0.0400. The molecule has 1 atom stereocenters. The highest BCUT2D eigenvalue weighted by Gasteiger charge is 2.27. The molecular weight excluding hydrogens is 262 g/mol. The second-order valence-electron chi connectivity index (χ2n) is 4.96. The van der Waals surface area contributed by atoms with E-state index in [1.807, 2.05) is 6.92 Å². The number of nitrogens with one attached hydrogen (secondary N) is 2. The van der Waals surface area contributed by atoms with Crippen molar-refractivity contribution >= 4 is 28.2 Å². The van der Waals surface area contributed by atoms with E-state index in [4.69, 9.17) is 5.73 Å². The maximum atomic E-state index is 12.2. The lowest BCUT2D eigenvalue weighted by molar-refractivity contribution is -0.918. The third-order valence-electron chi connectivity index (χ3n) is 3.67. The molecule has 1 saturated heterocycles. The largest absolute Gasteiger partial charge is 0.366 e. The molecule has 0 unspecified atom stereocenters. The fraction of sp³-hybridized carbons (Fsp3) is 0.538. The van der Waals surface area contributed by atoms with E-state index in [1.165, 1.54) is 35.5 Å². The third kappa shape index (κ3) is 3.33. The highest BCUT2D eigenvalue weighted by molar-refractivity contribution is 7.14. The van der Waals surface area contributed by atoms with Crippen LogP contribution in [0.15, 0.2) is 11.4 Å². The molecule has 5 nitrogen and oxygen atoms in total. The maximum absolute atomic E-state index is 12.2. The van der Waals surface area contributed by atoms with Crippen LogP contribution in [0.3, 0.4) is 0 Å². The Morgan fingerprint density at radius 3 is 2.68 bits per heavy atom. The van der Waals surface area contributed by atoms with Gasteiger partial charge < -0.3 is 16.0 Å². The van der Waals surface area contributed by atoms with Crippen molar-refractivity contribution in [2.75, 3.05) is 18.4 Å². The van der Waals surface area contributed by atoms with Crippen LogP contribution in [0.25, 0.3) is 0 Å². The van der Waals surface area contributed by atoms with Gasteiger partial charge in [-0.05, 0) is 37.6 Å². The van der Waals surface area contributed by atoms with Crippen molar-refractivity contribution in [2.24, 2.45) is 5.73 Å². The molecule has 0 aliphatic carbocycles. The van der Waals surface area contributed by atoms with Gasteiger partial charge in [0.25, 0.3) is 11.8 Å². The molecule has 1 aliphatic rings. The molecule has 2 rings (SSSR count). The van der Waals surface area contributed by atoms with E-state index in [2.05, 4.69) is 5.32 Å². The summed E-state index contributed by atoms with van der Waals surface area (Å²) in [5, 5.41) is 5.14. The molecule has 1 aromatic heterocycles. The van der Waals surface area contributed by atoms with Gasteiger partial charge in [0.1, 0.15) is 5.00 Å². The van der Waals surface area contributed by atoms with Gasteiger partial charge in [0.15, 0.2) is 6.04 Å². The number of quaternary nitrogens is 1. The predicted molar refractivity (Wildman–Crippen MR) is 75.5 cm³/mol. The average Bonchev–Trinajstić information content (AvgIpc) is 2.87. The average molecular weight is 282 g/mol. The Bertz CT molecular complexity index is 466. The van der Waals surface area contributed by atoms with Crippen molar-refractivity contribution in [3.05, 3.63) is 17.0 Å². The summed E-state index contributed by atoms with van der Waals surface area (Å²) in [6.07, 6.45) is 3.62. The first-order valence-corrected chi connectivity index (χ1v) is 7.50. The van der Waals surface area contributed by atoms with Gasteiger partial charge in [-0.15, -0.1) is 11.3 Å². The molecule has 6 heteroatoms. The van der Waals surface area contributed by atoms with Crippen molar-refractivity contribution in [2.45, 2.75) is 32.2 Å². The summed E-state index contributed by atoms with van der Waals surface area (Å²) in [6, 6.07) is 1.55. The van der Waals surface area contributed by atoms with E-state index in [9.17, 15) is 9.59 Å². The first-order chi connectivity index (χ1) is 9.09. The van der Waals surface area contributed by atoms with Crippen molar-refractivity contribution < 1.29 is 14.5 Å². The predicted octanol–water partition coefficient (Wildman–Crippen LogP) is 0.243. The number of likely N-dealkylation sites (tertiary alicyclic amines) is 1. The van der Waals surface area contributed by atoms with Crippen molar-refractivity contribution in [1.29, 1.82) is 0 Å². The van der Waals surface area contributed by atoms with Crippen LogP contribution in [-0.2, 0) is 4.79 Å². The van der Waals surface area contributed by atoms with Gasteiger partial charge >= 0.3 is 0 Å². The first-order valence-electron chi connectivity index (χ1n) is 6.62. The van der Waals surface area contributed by atoms with Gasteiger partial charge in [0.05, 0.1) is 18.7 Å². The molecule has 19 heavy (non-hydrogen) atoms. The molecule has 4 N–H and O–H groups in total. The lowest BCUT2D eigenvalue weighted by Gasteiger charge is -2.28. The lowest BCUT2D eigenvalue weighted by Crippen LogP contribution is -3.17. The summed E-state index contributed by atoms with van der Waals surface area (Å²) >= 11 is 1.33. The van der Waals surface area contributed by atoms with Gasteiger partial charge in [-0.3, -0.25) is 9.59 Å². The van der Waals surface area contributed by atoms with Crippen LogP contribution in [0.5, 0.6) is 0 Å². The quantitative estimate of drug-likeness (QED) is 0.740. The summed E-state index contributed by atoms with van der Waals surface area (Å²) in [7, 11) is 0. The molecule has 0 bridgehead atoms. The minimum atomic E-state index is -0.505. The minimum Gasteiger partial charge on any atom is -0.366 e. The number of amides is 2. The fourth-order valence-corrected chi connectivity index (χ4v) is 3.24. The number of hydrogen-bond donors (Lipinski definition) is 3. The van der Waals surface area contributed by atoms with Gasteiger partial charge in [0, 0.05) is 0 Å². The Labute approximate surface area is 116 Å². The normalized spacial score (nSPS) is 17.9. The molecule has 0 radical (unpaired) electrons. The Morgan fingerprint density at radius 2 is 2.05 bits per heavy atom. The van der Waals surface area contributed by atoms with Crippen molar-refractivity contribution in [1.82, 2.24) is 0 Å². The van der Waals surface area contributed by atoms with Crippen LogP contribution in [-0.4, -0.2) is 30.9 Å². The van der Waals surface area contributed by atoms with Crippen LogP contribution >= 0.6 is 11.3 Å². The number of hydrogen-bond acceptors (Lipinski definition) is 3. The number of carbonyl (C=O) groups is 2. The number of thiophene rings is 1. The monoisotopic (exact) mass is 282 g/mol. The van der Waals surface area contributed by atoms with E-state index in [-0.39, 0.29) is 11.9 Å². The number of nitrogens with two attached hydrogens (primary N) is 1. The van der Waals surface area contributed by atoms with E-state index in [0.717, 1.165) is 13.1 Å². The molecule has 1 aliphatic heterocycles. The van der Waals surface area contributed by atoms with Gasteiger partial charge in [0.2, 0.25) is 0 Å². The van der Waals surface area contributed by atoms with E-state index in [1.54, 1.807) is 11.4 Å². The summed E-state index contributed by atoms with van der Waals surface area (Å²) in [5.74, 6) is -0.545. The van der Waals surface area contributed by atoms with E-state index in [0.29, 0.717) is 10.6 Å². The van der Waals surface area contributed by atoms with Gasteiger partial charge in [-0.2, -0.15) is 0 Å². The topological polar surface area (TPSA) is 76.6 Å². The molecular formula is C13H20N3O2S+. The Hall–Kier alpha value is -1.40. The van der Waals surface area contributed by atoms with Crippen LogP contribution in [0.2, 0.25) is 0 Å². The fourth-order valence-electron chi connectivity index (χ4n) is 2.44. The smallest absolute Gasteiger partial charge is 0.282 e. The van der Waals surface area contributed by atoms with E-state index >= 15 is 0 Å². The zero-order valence-corrected chi connectivity index (χ0v) is 11.9. The molecule has 1 aromatic rings. The lowest BCUT2D eigenvalue weighted by atomic mass is 10.1. The molecule has 2 amide bonds. The molecule has 0 saturated carbocycles. The van der Waals surface area contributed by atoms with Gasteiger partial charge in [-0.1, -0.05) is 0 Å². The Balaban J connectivity index is 1.99. The Morgan fingerprint density at radius 1 is 1.37 bits per heavy atom. The second kappa shape index (κ2) is 6.16. The van der Waals surface area contributed by atoms with Crippen molar-refractivity contribution in [3.8, 4) is 0 Å². The number of anilines is 1. The van der Waals surface area contributed by atoms with Crippen LogP contribution in [0, 0.1) is 0 Å². The second-order valence-corrected chi connectivity index (χ2v) is 5.87. The van der Waals surface area contributed by atoms with Gasteiger partial charge in [-0.25, -0.2) is 0 Å². The Kier molecular flexibility index (Phi) is 4.55. The number of rotatable bonds is 4. The van der Waals surface area contributed by atoms with Crippen LogP contribution < -0.4 is 16.0 Å². The molecule has 0 spiro atoms.